The number of aliphatic hydroxyl groups excluding tert-OH is 1. The molecule has 60 valence electrons. The molecule has 0 aromatic rings. The lowest BCUT2D eigenvalue weighted by Crippen LogP contribution is -2.19. The van der Waals surface area contributed by atoms with Crippen LogP contribution in [0, 0.1) is 0 Å². The molecule has 0 saturated heterocycles. The fourth-order valence-electron chi connectivity index (χ4n) is 0.256. The molecular formula is C4H8F2O3P+. The molecular weight excluding hydrogens is 165 g/mol. The lowest BCUT2D eigenvalue weighted by molar-refractivity contribution is -0.151. The number of rotatable bonds is 4. The van der Waals surface area contributed by atoms with Crippen LogP contribution in [0.3, 0.4) is 0 Å². The van der Waals surface area contributed by atoms with Crippen molar-refractivity contribution in [2.75, 3.05) is 13.0 Å². The zero-order valence-corrected chi connectivity index (χ0v) is 6.22. The van der Waals surface area contributed by atoms with E-state index in [4.69, 9.17) is 5.11 Å². The molecule has 0 heterocycles. The third-order valence-electron chi connectivity index (χ3n) is 0.632. The van der Waals surface area contributed by atoms with E-state index < -0.39 is 20.5 Å². The minimum Gasteiger partial charge on any atom is -0.360 e. The van der Waals surface area contributed by atoms with Crippen molar-refractivity contribution in [3.8, 4) is 0 Å². The number of aliphatic hydroxyl groups is 1. The van der Waals surface area contributed by atoms with Crippen molar-refractivity contribution in [1.29, 1.82) is 0 Å². The van der Waals surface area contributed by atoms with Crippen molar-refractivity contribution in [2.45, 2.75) is 12.7 Å². The second-order valence-corrected chi connectivity index (χ2v) is 3.16. The molecule has 0 aliphatic carbocycles. The topological polar surface area (TPSA) is 46.5 Å². The normalized spacial score (nSPS) is 18.2. The number of ether oxygens (including phenoxy) is 1. The number of hydrogen-bond donors (Lipinski definition) is 1. The summed E-state index contributed by atoms with van der Waals surface area (Å²) in [6, 6.07) is 0. The fourth-order valence-corrected chi connectivity index (χ4v) is 0.608. The summed E-state index contributed by atoms with van der Waals surface area (Å²) in [4.78, 5) is 0. The Labute approximate surface area is 57.8 Å². The predicted molar refractivity (Wildman–Crippen MR) is 31.5 cm³/mol. The molecule has 0 bridgehead atoms. The lowest BCUT2D eigenvalue weighted by atomic mass is 10.7. The molecule has 0 radical (unpaired) electrons. The van der Waals surface area contributed by atoms with Gasteiger partial charge in [0.15, 0.2) is 0 Å². The Balaban J connectivity index is 3.39. The molecule has 0 rings (SSSR count). The van der Waals surface area contributed by atoms with Crippen molar-refractivity contribution in [2.24, 2.45) is 0 Å². The summed E-state index contributed by atoms with van der Waals surface area (Å²) in [7, 11) is -1.65. The van der Waals surface area contributed by atoms with Crippen LogP contribution in [0.15, 0.2) is 0 Å². The van der Waals surface area contributed by atoms with E-state index in [1.54, 1.807) is 0 Å². The Morgan fingerprint density at radius 3 is 2.50 bits per heavy atom. The average Bonchev–Trinajstić information content (AvgIpc) is 1.82. The standard InChI is InChI=1S/C4H8F2O3P/c1-10(8)2-9-4(6)3(5)7/h3-4,7H,2H2,1H3/q+1. The van der Waals surface area contributed by atoms with Gasteiger partial charge in [-0.15, -0.1) is 0 Å². The third kappa shape index (κ3) is 4.73. The second-order valence-electron chi connectivity index (χ2n) is 1.65. The first-order valence-corrected chi connectivity index (χ1v) is 4.39. The number of hydrogen-bond acceptors (Lipinski definition) is 3. The van der Waals surface area contributed by atoms with Crippen LogP contribution in [0.1, 0.15) is 0 Å². The molecule has 10 heavy (non-hydrogen) atoms. The van der Waals surface area contributed by atoms with E-state index in [1.165, 1.54) is 6.66 Å². The van der Waals surface area contributed by atoms with Crippen LogP contribution in [-0.4, -0.2) is 30.8 Å². The molecule has 0 saturated carbocycles. The van der Waals surface area contributed by atoms with Crippen LogP contribution >= 0.6 is 7.80 Å². The van der Waals surface area contributed by atoms with Gasteiger partial charge in [-0.05, 0) is 0 Å². The molecule has 0 aromatic heterocycles. The summed E-state index contributed by atoms with van der Waals surface area (Å²) >= 11 is 0. The van der Waals surface area contributed by atoms with Crippen LogP contribution in [0.4, 0.5) is 8.78 Å². The molecule has 0 fully saturated rings. The van der Waals surface area contributed by atoms with E-state index >= 15 is 0 Å². The van der Waals surface area contributed by atoms with Crippen LogP contribution in [0.25, 0.3) is 0 Å². The molecule has 1 N–H and O–H groups in total. The average molecular weight is 173 g/mol. The first kappa shape index (κ1) is 9.88. The molecule has 0 spiro atoms. The van der Waals surface area contributed by atoms with Gasteiger partial charge in [0.05, 0.1) is 0 Å². The fraction of sp³-hybridized carbons (Fsp3) is 1.00. The number of halogens is 2. The minimum absolute atomic E-state index is 0.377. The first-order chi connectivity index (χ1) is 4.54. The summed E-state index contributed by atoms with van der Waals surface area (Å²) in [6.07, 6.45) is -5.42. The number of alkyl halides is 2. The Bertz CT molecular complexity index is 119. The minimum atomic E-state index is -2.66. The van der Waals surface area contributed by atoms with E-state index in [0.29, 0.717) is 0 Å². The van der Waals surface area contributed by atoms with E-state index in [-0.39, 0.29) is 6.35 Å². The first-order valence-electron chi connectivity index (χ1n) is 2.50. The Kier molecular flexibility index (Phi) is 4.60. The molecule has 6 heteroatoms. The summed E-state index contributed by atoms with van der Waals surface area (Å²) in [5, 5.41) is 7.87. The van der Waals surface area contributed by atoms with Crippen LogP contribution in [0.2, 0.25) is 0 Å². The predicted octanol–water partition coefficient (Wildman–Crippen LogP) is 1.00. The smallest absolute Gasteiger partial charge is 0.360 e. The van der Waals surface area contributed by atoms with Gasteiger partial charge in [0.25, 0.3) is 12.7 Å². The van der Waals surface area contributed by atoms with Crippen molar-refractivity contribution >= 4 is 7.80 Å². The monoisotopic (exact) mass is 173 g/mol. The van der Waals surface area contributed by atoms with Crippen molar-refractivity contribution in [3.05, 3.63) is 0 Å². The Morgan fingerprint density at radius 1 is 1.70 bits per heavy atom. The summed E-state index contributed by atoms with van der Waals surface area (Å²) in [5.41, 5.74) is 0. The van der Waals surface area contributed by atoms with Crippen LogP contribution in [0.5, 0.6) is 0 Å². The van der Waals surface area contributed by atoms with E-state index in [1.807, 2.05) is 0 Å². The van der Waals surface area contributed by atoms with E-state index in [9.17, 15) is 13.3 Å². The maximum absolute atomic E-state index is 11.9. The van der Waals surface area contributed by atoms with Gasteiger partial charge in [0.1, 0.15) is 6.66 Å². The molecule has 3 atom stereocenters. The van der Waals surface area contributed by atoms with Crippen molar-refractivity contribution < 1.29 is 23.2 Å². The SMILES string of the molecule is C[P+](=O)COC(F)C(O)F. The molecule has 0 aliphatic rings. The maximum Gasteiger partial charge on any atom is 0.363 e. The second kappa shape index (κ2) is 4.66. The quantitative estimate of drug-likeness (QED) is 0.645. The maximum atomic E-state index is 11.9. The molecule has 3 nitrogen and oxygen atoms in total. The zero-order chi connectivity index (χ0) is 8.15. The highest BCUT2D eigenvalue weighted by Gasteiger charge is 2.20. The highest BCUT2D eigenvalue weighted by atomic mass is 31.1. The van der Waals surface area contributed by atoms with Gasteiger partial charge < -0.3 is 5.11 Å². The van der Waals surface area contributed by atoms with Gasteiger partial charge in [-0.25, -0.2) is 8.78 Å². The molecule has 0 aliphatic heterocycles. The van der Waals surface area contributed by atoms with Gasteiger partial charge in [-0.2, -0.15) is 0 Å². The third-order valence-corrected chi connectivity index (χ3v) is 1.14. The summed E-state index contributed by atoms with van der Waals surface area (Å²) in [6.45, 7) is 1.31. The summed E-state index contributed by atoms with van der Waals surface area (Å²) in [5.74, 6) is 0. The van der Waals surface area contributed by atoms with Crippen LogP contribution in [-0.2, 0) is 9.30 Å². The zero-order valence-electron chi connectivity index (χ0n) is 5.33. The highest BCUT2D eigenvalue weighted by molar-refractivity contribution is 7.43. The highest BCUT2D eigenvalue weighted by Crippen LogP contribution is 2.15. The van der Waals surface area contributed by atoms with Crippen molar-refractivity contribution in [1.82, 2.24) is 0 Å². The molecule has 0 amide bonds. The lowest BCUT2D eigenvalue weighted by Gasteiger charge is -2.03. The van der Waals surface area contributed by atoms with E-state index in [0.717, 1.165) is 0 Å². The van der Waals surface area contributed by atoms with Crippen LogP contribution < -0.4 is 0 Å². The van der Waals surface area contributed by atoms with Gasteiger partial charge in [0, 0.05) is 0 Å². The molecule has 0 aromatic carbocycles. The van der Waals surface area contributed by atoms with Crippen molar-refractivity contribution in [3.63, 3.8) is 0 Å². The van der Waals surface area contributed by atoms with Gasteiger partial charge in [-0.3, -0.25) is 4.74 Å². The van der Waals surface area contributed by atoms with E-state index in [2.05, 4.69) is 4.74 Å². The Hall–Kier alpha value is -0.120. The molecule has 3 unspecified atom stereocenters. The van der Waals surface area contributed by atoms with Gasteiger partial charge in [0.2, 0.25) is 6.35 Å². The Morgan fingerprint density at radius 2 is 2.20 bits per heavy atom. The largest absolute Gasteiger partial charge is 0.363 e. The summed E-state index contributed by atoms with van der Waals surface area (Å²) < 4.78 is 37.6. The van der Waals surface area contributed by atoms with Gasteiger partial charge in [-0.1, -0.05) is 4.57 Å². The van der Waals surface area contributed by atoms with Gasteiger partial charge >= 0.3 is 7.80 Å².